The highest BCUT2D eigenvalue weighted by Crippen LogP contribution is 2.40. The van der Waals surface area contributed by atoms with Gasteiger partial charge in [0.05, 0.1) is 6.54 Å². The summed E-state index contributed by atoms with van der Waals surface area (Å²) in [5.74, 6) is 1.66. The highest BCUT2D eigenvalue weighted by Gasteiger charge is 2.31. The molecule has 24 heavy (non-hydrogen) atoms. The average molecular weight is 329 g/mol. The molecule has 0 N–H and O–H groups in total. The summed E-state index contributed by atoms with van der Waals surface area (Å²) < 4.78 is 12.8. The molecule has 0 radical (unpaired) electrons. The number of aromatic nitrogens is 2. The van der Waals surface area contributed by atoms with E-state index in [2.05, 4.69) is 22.0 Å². The van der Waals surface area contributed by atoms with Gasteiger partial charge in [-0.1, -0.05) is 5.16 Å². The van der Waals surface area contributed by atoms with Crippen molar-refractivity contribution in [3.63, 3.8) is 0 Å². The van der Waals surface area contributed by atoms with Crippen molar-refractivity contribution >= 4 is 5.91 Å². The van der Waals surface area contributed by atoms with E-state index in [4.69, 9.17) is 9.26 Å². The molecule has 4 rings (SSSR count). The molecule has 2 aromatic rings. The Labute approximate surface area is 141 Å². The summed E-state index contributed by atoms with van der Waals surface area (Å²) in [5.41, 5.74) is 1.59. The number of rotatable bonds is 5. The molecular formula is C18H23N3O3. The van der Waals surface area contributed by atoms with E-state index in [1.54, 1.807) is 7.11 Å². The van der Waals surface area contributed by atoms with Gasteiger partial charge < -0.3 is 18.7 Å². The van der Waals surface area contributed by atoms with Gasteiger partial charge in [0.1, 0.15) is 5.76 Å². The van der Waals surface area contributed by atoms with Crippen molar-refractivity contribution < 1.29 is 14.1 Å². The molecule has 6 heteroatoms. The number of hydrogen-bond donors (Lipinski definition) is 0. The van der Waals surface area contributed by atoms with E-state index in [-0.39, 0.29) is 5.91 Å². The van der Waals surface area contributed by atoms with E-state index in [0.29, 0.717) is 30.7 Å². The Morgan fingerprint density at radius 2 is 2.29 bits per heavy atom. The lowest BCUT2D eigenvalue weighted by atomic mass is 10.1. The van der Waals surface area contributed by atoms with Crippen LogP contribution < -0.4 is 0 Å². The van der Waals surface area contributed by atoms with Gasteiger partial charge in [0, 0.05) is 50.7 Å². The van der Waals surface area contributed by atoms with E-state index in [1.807, 2.05) is 17.0 Å². The second kappa shape index (κ2) is 6.43. The summed E-state index contributed by atoms with van der Waals surface area (Å²) in [6.07, 6.45) is 5.30. The van der Waals surface area contributed by atoms with Gasteiger partial charge >= 0.3 is 0 Å². The Hall–Kier alpha value is -2.08. The van der Waals surface area contributed by atoms with Crippen molar-refractivity contribution in [3.8, 4) is 0 Å². The largest absolute Gasteiger partial charge is 0.385 e. The van der Waals surface area contributed by atoms with Gasteiger partial charge in [-0.15, -0.1) is 0 Å². The van der Waals surface area contributed by atoms with Crippen LogP contribution in [0, 0.1) is 5.92 Å². The van der Waals surface area contributed by atoms with E-state index in [9.17, 15) is 4.79 Å². The normalized spacial score (nSPS) is 20.7. The number of fused-ring (bicyclic) bond motifs is 1. The molecular weight excluding hydrogens is 306 g/mol. The smallest absolute Gasteiger partial charge is 0.276 e. The van der Waals surface area contributed by atoms with E-state index < -0.39 is 0 Å². The first-order valence-electron chi connectivity index (χ1n) is 8.63. The Bertz CT molecular complexity index is 717. The summed E-state index contributed by atoms with van der Waals surface area (Å²) >= 11 is 0. The number of nitrogens with zero attached hydrogens (tertiary/aromatic N) is 3. The molecule has 0 unspecified atom stereocenters. The maximum absolute atomic E-state index is 12.9. The average Bonchev–Trinajstić information content (AvgIpc) is 3.22. The molecule has 1 aliphatic heterocycles. The maximum Gasteiger partial charge on any atom is 0.276 e. The first-order chi connectivity index (χ1) is 11.7. The van der Waals surface area contributed by atoms with Crippen LogP contribution in [0.1, 0.15) is 47.1 Å². The molecule has 0 saturated heterocycles. The number of carbonyl (C=O) groups excluding carboxylic acids is 1. The Morgan fingerprint density at radius 3 is 3.08 bits per heavy atom. The lowest BCUT2D eigenvalue weighted by Crippen LogP contribution is -2.34. The van der Waals surface area contributed by atoms with Crippen molar-refractivity contribution in [1.82, 2.24) is 14.6 Å². The lowest BCUT2D eigenvalue weighted by Gasteiger charge is -2.23. The van der Waals surface area contributed by atoms with E-state index in [0.717, 1.165) is 43.8 Å². The molecule has 1 atom stereocenters. The molecule has 3 heterocycles. The van der Waals surface area contributed by atoms with Crippen molar-refractivity contribution in [2.75, 3.05) is 20.3 Å². The van der Waals surface area contributed by atoms with Gasteiger partial charge in [-0.25, -0.2) is 0 Å². The minimum atomic E-state index is -0.0392. The molecule has 2 aromatic heterocycles. The summed E-state index contributed by atoms with van der Waals surface area (Å²) in [6.45, 7) is 2.96. The van der Waals surface area contributed by atoms with Crippen LogP contribution >= 0.6 is 0 Å². The minimum absolute atomic E-state index is 0.0392. The monoisotopic (exact) mass is 329 g/mol. The topological polar surface area (TPSA) is 60.5 Å². The molecule has 0 spiro atoms. The van der Waals surface area contributed by atoms with E-state index in [1.165, 1.54) is 0 Å². The van der Waals surface area contributed by atoms with Gasteiger partial charge in [-0.2, -0.15) is 0 Å². The quantitative estimate of drug-likeness (QED) is 0.846. The van der Waals surface area contributed by atoms with Crippen LogP contribution in [0.3, 0.4) is 0 Å². The van der Waals surface area contributed by atoms with Gasteiger partial charge in [0.2, 0.25) is 0 Å². The summed E-state index contributed by atoms with van der Waals surface area (Å²) in [7, 11) is 1.72. The Balaban J connectivity index is 1.54. The van der Waals surface area contributed by atoms with Crippen LogP contribution in [-0.2, 0) is 17.8 Å². The van der Waals surface area contributed by atoms with E-state index >= 15 is 0 Å². The fourth-order valence-corrected chi connectivity index (χ4v) is 3.41. The molecule has 1 amide bonds. The third kappa shape index (κ3) is 3.11. The number of carbonyl (C=O) groups is 1. The van der Waals surface area contributed by atoms with Crippen LogP contribution in [0.2, 0.25) is 0 Å². The van der Waals surface area contributed by atoms with Gasteiger partial charge in [-0.05, 0) is 37.3 Å². The molecule has 0 bridgehead atoms. The van der Waals surface area contributed by atoms with Gasteiger partial charge in [0.25, 0.3) is 5.91 Å². The third-order valence-corrected chi connectivity index (χ3v) is 4.95. The second-order valence-electron chi connectivity index (χ2n) is 6.87. The van der Waals surface area contributed by atoms with Crippen LogP contribution in [-0.4, -0.2) is 40.8 Å². The molecule has 6 nitrogen and oxygen atoms in total. The number of hydrogen-bond acceptors (Lipinski definition) is 4. The number of amides is 1. The first kappa shape index (κ1) is 15.4. The minimum Gasteiger partial charge on any atom is -0.385 e. The number of methoxy groups -OCH3 is 1. The Kier molecular flexibility index (Phi) is 4.14. The molecule has 2 aliphatic rings. The molecule has 1 aliphatic carbocycles. The predicted molar refractivity (Wildman–Crippen MR) is 87.6 cm³/mol. The lowest BCUT2D eigenvalue weighted by molar-refractivity contribution is 0.0695. The van der Waals surface area contributed by atoms with Crippen LogP contribution in [0.25, 0.3) is 0 Å². The summed E-state index contributed by atoms with van der Waals surface area (Å²) in [4.78, 5) is 14.8. The second-order valence-corrected chi connectivity index (χ2v) is 6.87. The molecule has 0 aromatic carbocycles. The van der Waals surface area contributed by atoms with Crippen molar-refractivity contribution in [3.05, 3.63) is 41.5 Å². The van der Waals surface area contributed by atoms with Crippen molar-refractivity contribution in [2.45, 2.75) is 38.3 Å². The zero-order chi connectivity index (χ0) is 16.5. The van der Waals surface area contributed by atoms with Gasteiger partial charge in [0.15, 0.2) is 5.69 Å². The standard InChI is InChI=1S/C18H23N3O3/c1-23-8-6-13-10-20-7-2-3-15(20)12-21(11-13)18(22)16-9-17(24-19-16)14-4-5-14/h2-3,7,9,13-14H,4-6,8,10-12H2,1H3/t13-/m1/s1. The number of ether oxygens (including phenoxy) is 1. The summed E-state index contributed by atoms with van der Waals surface area (Å²) in [6, 6.07) is 5.95. The molecule has 1 fully saturated rings. The SMILES string of the molecule is COCC[C@H]1CN(C(=O)c2cc(C3CC3)on2)Cc2cccn2C1. The van der Waals surface area contributed by atoms with Crippen LogP contribution in [0.15, 0.2) is 28.9 Å². The third-order valence-electron chi connectivity index (χ3n) is 4.95. The first-order valence-corrected chi connectivity index (χ1v) is 8.63. The van der Waals surface area contributed by atoms with Gasteiger partial charge in [-0.3, -0.25) is 4.79 Å². The fourth-order valence-electron chi connectivity index (χ4n) is 3.41. The fraction of sp³-hybridized carbons (Fsp3) is 0.556. The highest BCUT2D eigenvalue weighted by atomic mass is 16.5. The zero-order valence-corrected chi connectivity index (χ0v) is 14.0. The zero-order valence-electron chi connectivity index (χ0n) is 14.0. The Morgan fingerprint density at radius 1 is 1.42 bits per heavy atom. The van der Waals surface area contributed by atoms with Crippen molar-refractivity contribution in [2.24, 2.45) is 5.92 Å². The molecule has 1 saturated carbocycles. The van der Waals surface area contributed by atoms with Crippen molar-refractivity contribution in [1.29, 1.82) is 0 Å². The predicted octanol–water partition coefficient (Wildman–Crippen LogP) is 2.66. The summed E-state index contributed by atoms with van der Waals surface area (Å²) in [5, 5.41) is 4.02. The van der Waals surface area contributed by atoms with Crippen LogP contribution in [0.4, 0.5) is 0 Å². The molecule has 128 valence electrons. The maximum atomic E-state index is 12.9. The highest BCUT2D eigenvalue weighted by molar-refractivity contribution is 5.92. The van der Waals surface area contributed by atoms with Crippen LogP contribution in [0.5, 0.6) is 0 Å².